The van der Waals surface area contributed by atoms with Gasteiger partial charge in [0, 0.05) is 37.3 Å². The molecule has 2 amide bonds. The minimum atomic E-state index is -2.30. The second-order valence-electron chi connectivity index (χ2n) is 11.7. The van der Waals surface area contributed by atoms with Crippen molar-refractivity contribution in [1.82, 2.24) is 25.1 Å². The van der Waals surface area contributed by atoms with Gasteiger partial charge in [-0.3, -0.25) is 14.5 Å². The Labute approximate surface area is 223 Å². The average Bonchev–Trinajstić information content (AvgIpc) is 3.15. The Morgan fingerprint density at radius 3 is 2.41 bits per heavy atom. The summed E-state index contributed by atoms with van der Waals surface area (Å²) in [6, 6.07) is 7.81. The van der Waals surface area contributed by atoms with E-state index in [1.54, 1.807) is 0 Å². The number of imidazole rings is 1. The molecule has 2 aromatic rings. The van der Waals surface area contributed by atoms with Gasteiger partial charge in [-0.25, -0.2) is 4.98 Å². The number of carbonyl (C=O) groups is 2. The van der Waals surface area contributed by atoms with Gasteiger partial charge < -0.3 is 20.0 Å². The Hall–Kier alpha value is -2.43. The highest BCUT2D eigenvalue weighted by Gasteiger charge is 2.39. The number of rotatable bonds is 12. The zero-order chi connectivity index (χ0) is 27.4. The molecule has 8 nitrogen and oxygen atoms in total. The molecule has 2 radical (unpaired) electrons. The van der Waals surface area contributed by atoms with Crippen LogP contribution in [-0.2, 0) is 18.3 Å². The summed E-state index contributed by atoms with van der Waals surface area (Å²) in [7, 11) is 5.09. The van der Waals surface area contributed by atoms with E-state index in [0.717, 1.165) is 48.6 Å². The molecule has 1 aromatic heterocycles. The molecule has 1 aliphatic rings. The molecule has 1 saturated heterocycles. The van der Waals surface area contributed by atoms with Crippen LogP contribution in [0.5, 0.6) is 0 Å². The fraction of sp³-hybridized carbons (Fsp3) is 0.593. The van der Waals surface area contributed by atoms with E-state index in [4.69, 9.17) is 12.8 Å². The summed E-state index contributed by atoms with van der Waals surface area (Å²) in [5.41, 5.74) is 2.94. The van der Waals surface area contributed by atoms with E-state index in [9.17, 15) is 14.4 Å². The van der Waals surface area contributed by atoms with Gasteiger partial charge in [0.15, 0.2) is 14.1 Å². The van der Waals surface area contributed by atoms with Crippen LogP contribution >= 0.6 is 0 Å². The summed E-state index contributed by atoms with van der Waals surface area (Å²) in [5.74, 6) is 0.568. The van der Waals surface area contributed by atoms with Crippen LogP contribution in [0.1, 0.15) is 50.9 Å². The van der Waals surface area contributed by atoms with Crippen molar-refractivity contribution in [2.24, 2.45) is 7.05 Å². The maximum absolute atomic E-state index is 12.2. The molecule has 37 heavy (non-hydrogen) atoms. The van der Waals surface area contributed by atoms with Crippen molar-refractivity contribution >= 4 is 27.9 Å². The normalized spacial score (nSPS) is 16.1. The smallest absolute Gasteiger partial charge is 0.234 e. The van der Waals surface area contributed by atoms with Crippen molar-refractivity contribution in [3.05, 3.63) is 41.9 Å². The van der Waals surface area contributed by atoms with Crippen LogP contribution in [-0.4, -0.2) is 79.3 Å². The molecular weight excluding hydrogens is 481 g/mol. The molecule has 0 bridgehead atoms. The number of carbonyl (C=O) groups excluding carboxylic acids is 2. The number of aromatic nitrogens is 2. The molecule has 200 valence electrons. The average molecular weight is 524 g/mol. The van der Waals surface area contributed by atoms with Gasteiger partial charge in [0.1, 0.15) is 5.82 Å². The van der Waals surface area contributed by atoms with Crippen LogP contribution in [0.4, 0.5) is 4.79 Å². The lowest BCUT2D eigenvalue weighted by Gasteiger charge is -2.36. The highest BCUT2D eigenvalue weighted by atomic mass is 28.4. The molecule has 0 saturated carbocycles. The highest BCUT2D eigenvalue weighted by molar-refractivity contribution is 6.72. The lowest BCUT2D eigenvalue weighted by molar-refractivity contribution is -0.123. The van der Waals surface area contributed by atoms with Gasteiger partial charge >= 0.3 is 0 Å². The van der Waals surface area contributed by atoms with Crippen LogP contribution in [0.25, 0.3) is 11.3 Å². The molecule has 1 aliphatic heterocycles. The predicted octanol–water partition coefficient (Wildman–Crippen LogP) is 3.17. The molecule has 1 aromatic carbocycles. The minimum Gasteiger partial charge on any atom is -0.432 e. The van der Waals surface area contributed by atoms with Crippen LogP contribution in [0.2, 0.25) is 18.1 Å². The van der Waals surface area contributed by atoms with Crippen molar-refractivity contribution in [2.75, 3.05) is 26.2 Å². The van der Waals surface area contributed by atoms with E-state index in [-0.39, 0.29) is 22.9 Å². The van der Waals surface area contributed by atoms with E-state index in [0.29, 0.717) is 19.5 Å². The number of amides is 2. The lowest BCUT2D eigenvalue weighted by Crippen LogP contribution is -2.49. The Morgan fingerprint density at radius 2 is 1.86 bits per heavy atom. The Balaban J connectivity index is 1.64. The SMILES string of the molecule is [B]C(=O)NC(CNC(=O)CN1CCC1)Cc1ccc(-c2cn(C)c(C(C)CC(C)(C)[Si](C)(C)O)n2)cc1. The molecule has 3 rings (SSSR count). The third kappa shape index (κ3) is 8.03. The number of likely N-dealkylation sites (tertiary alicyclic amines) is 1. The van der Waals surface area contributed by atoms with E-state index in [2.05, 4.69) is 40.9 Å². The van der Waals surface area contributed by atoms with Gasteiger partial charge in [-0.2, -0.15) is 0 Å². The Bertz CT molecular complexity index is 1080. The summed E-state index contributed by atoms with van der Waals surface area (Å²) in [5, 5.41) is 5.54. The first-order valence-electron chi connectivity index (χ1n) is 13.1. The zero-order valence-corrected chi connectivity index (χ0v) is 24.2. The first-order valence-corrected chi connectivity index (χ1v) is 16.1. The highest BCUT2D eigenvalue weighted by Crippen LogP contribution is 2.43. The summed E-state index contributed by atoms with van der Waals surface area (Å²) in [6.07, 6.45) is 4.60. The Kier molecular flexibility index (Phi) is 9.42. The standard InChI is InChI=1S/C27H42BN5O3Si/c1-19(15-27(2,3)37(5,6)36)25-31-23(17-32(25)4)21-10-8-20(9-11-21)14-22(30-26(28)35)16-29-24(34)18-33-12-7-13-33/h8-11,17,19,22,36H,7,12-16,18H2,1-6H3,(H,29,34)(H,30,35). The van der Waals surface area contributed by atoms with Crippen LogP contribution < -0.4 is 10.6 Å². The van der Waals surface area contributed by atoms with Gasteiger partial charge in [-0.15, -0.1) is 0 Å². The van der Waals surface area contributed by atoms with Gasteiger partial charge in [-0.05, 0) is 56.0 Å². The molecule has 0 aliphatic carbocycles. The number of nitrogens with zero attached hydrogens (tertiary/aromatic N) is 3. The maximum atomic E-state index is 12.2. The zero-order valence-electron chi connectivity index (χ0n) is 23.2. The van der Waals surface area contributed by atoms with Crippen molar-refractivity contribution < 1.29 is 14.4 Å². The van der Waals surface area contributed by atoms with E-state index >= 15 is 0 Å². The number of aryl methyl sites for hydroxylation is 1. The quantitative estimate of drug-likeness (QED) is 0.371. The van der Waals surface area contributed by atoms with Crippen molar-refractivity contribution in [3.63, 3.8) is 0 Å². The van der Waals surface area contributed by atoms with Gasteiger partial charge in [0.05, 0.1) is 12.2 Å². The first-order chi connectivity index (χ1) is 17.2. The molecule has 1 fully saturated rings. The number of hydrogen-bond acceptors (Lipinski definition) is 5. The minimum absolute atomic E-state index is 0.0419. The third-order valence-electron chi connectivity index (χ3n) is 7.77. The van der Waals surface area contributed by atoms with Crippen LogP contribution in [0.15, 0.2) is 30.5 Å². The molecule has 10 heteroatoms. The lowest BCUT2D eigenvalue weighted by atomic mass is 9.97. The van der Waals surface area contributed by atoms with E-state index < -0.39 is 14.1 Å². The van der Waals surface area contributed by atoms with Crippen molar-refractivity contribution in [1.29, 1.82) is 0 Å². The first kappa shape index (κ1) is 29.1. The van der Waals surface area contributed by atoms with Crippen LogP contribution in [0.3, 0.4) is 0 Å². The maximum Gasteiger partial charge on any atom is 0.234 e. The topological polar surface area (TPSA) is 99.5 Å². The third-order valence-corrected chi connectivity index (χ3v) is 11.3. The largest absolute Gasteiger partial charge is 0.432 e. The summed E-state index contributed by atoms with van der Waals surface area (Å²) < 4.78 is 2.07. The summed E-state index contributed by atoms with van der Waals surface area (Å²) in [4.78, 5) is 41.4. The van der Waals surface area contributed by atoms with Gasteiger partial charge in [0.25, 0.3) is 0 Å². The fourth-order valence-corrected chi connectivity index (χ4v) is 5.50. The fourth-order valence-electron chi connectivity index (χ4n) is 4.69. The molecule has 2 unspecified atom stereocenters. The monoisotopic (exact) mass is 523 g/mol. The van der Waals surface area contributed by atoms with Crippen LogP contribution in [0, 0.1) is 0 Å². The number of benzene rings is 1. The molecule has 2 atom stereocenters. The van der Waals surface area contributed by atoms with E-state index in [1.807, 2.05) is 50.6 Å². The predicted molar refractivity (Wildman–Crippen MR) is 151 cm³/mol. The molecule has 3 N–H and O–H groups in total. The number of nitrogens with one attached hydrogen (secondary N) is 2. The summed E-state index contributed by atoms with van der Waals surface area (Å²) >= 11 is 0. The second kappa shape index (κ2) is 12.0. The molecular formula is C27H42BN5O3Si. The molecule has 0 spiro atoms. The van der Waals surface area contributed by atoms with Gasteiger partial charge in [0.2, 0.25) is 13.8 Å². The summed E-state index contributed by atoms with van der Waals surface area (Å²) in [6.45, 7) is 13.1. The van der Waals surface area contributed by atoms with Gasteiger partial charge in [-0.1, -0.05) is 45.0 Å². The number of hydrogen-bond donors (Lipinski definition) is 3. The van der Waals surface area contributed by atoms with Crippen molar-refractivity contribution in [2.45, 2.75) is 70.1 Å². The van der Waals surface area contributed by atoms with E-state index in [1.165, 1.54) is 0 Å². The Morgan fingerprint density at radius 1 is 1.22 bits per heavy atom. The second-order valence-corrected chi connectivity index (χ2v) is 16.2. The van der Waals surface area contributed by atoms with Crippen molar-refractivity contribution in [3.8, 4) is 11.3 Å². The molecule has 2 heterocycles.